The summed E-state index contributed by atoms with van der Waals surface area (Å²) in [6.45, 7) is 1.60. The van der Waals surface area contributed by atoms with E-state index in [1.807, 2.05) is 6.07 Å². The summed E-state index contributed by atoms with van der Waals surface area (Å²) in [4.78, 5) is 26.1. The molecule has 0 unspecified atom stereocenters. The van der Waals surface area contributed by atoms with E-state index in [-0.39, 0.29) is 17.9 Å². The lowest BCUT2D eigenvalue weighted by atomic mass is 9.98. The molecule has 1 saturated carbocycles. The predicted molar refractivity (Wildman–Crippen MR) is 85.3 cm³/mol. The zero-order chi connectivity index (χ0) is 16.0. The highest BCUT2D eigenvalue weighted by Crippen LogP contribution is 2.41. The maximum Gasteiger partial charge on any atom is 0.321 e. The van der Waals surface area contributed by atoms with Crippen LogP contribution in [0.15, 0.2) is 18.2 Å². The number of anilines is 1. The lowest BCUT2D eigenvalue weighted by Crippen LogP contribution is -2.36. The van der Waals surface area contributed by atoms with Crippen molar-refractivity contribution in [3.8, 4) is 0 Å². The minimum absolute atomic E-state index is 0.0901. The number of carbonyl (C=O) groups is 2. The SMILES string of the molecule is O=C1NCCc2c(NC(=O)N3C[C@@H](O)[C@H](C4CC4)C3)cccc21. The van der Waals surface area contributed by atoms with E-state index in [2.05, 4.69) is 10.6 Å². The van der Waals surface area contributed by atoms with Gasteiger partial charge < -0.3 is 20.6 Å². The van der Waals surface area contributed by atoms with Crippen LogP contribution in [0.25, 0.3) is 0 Å². The van der Waals surface area contributed by atoms with Gasteiger partial charge in [0, 0.05) is 36.8 Å². The standard InChI is InChI=1S/C17H21N3O3/c21-15-9-20(8-13(15)10-4-5-10)17(23)19-14-3-1-2-12-11(14)6-7-18-16(12)22/h1-3,10,13,15,21H,4-9H2,(H,18,22)(H,19,23)/t13-,15+/m0/s1. The van der Waals surface area contributed by atoms with Gasteiger partial charge >= 0.3 is 6.03 Å². The number of nitrogens with one attached hydrogen (secondary N) is 2. The van der Waals surface area contributed by atoms with E-state index < -0.39 is 6.10 Å². The van der Waals surface area contributed by atoms with Crippen LogP contribution in [-0.4, -0.2) is 47.7 Å². The minimum atomic E-state index is -0.413. The molecule has 122 valence electrons. The van der Waals surface area contributed by atoms with Crippen LogP contribution in [0.1, 0.15) is 28.8 Å². The number of amides is 3. The van der Waals surface area contributed by atoms with E-state index in [9.17, 15) is 14.7 Å². The lowest BCUT2D eigenvalue weighted by Gasteiger charge is -2.22. The second-order valence-corrected chi connectivity index (χ2v) is 6.74. The average molecular weight is 315 g/mol. The molecule has 3 N–H and O–H groups in total. The van der Waals surface area contributed by atoms with Crippen molar-refractivity contribution in [2.24, 2.45) is 11.8 Å². The van der Waals surface area contributed by atoms with Crippen LogP contribution in [0.5, 0.6) is 0 Å². The third kappa shape index (κ3) is 2.67. The molecule has 0 aromatic heterocycles. The highest BCUT2D eigenvalue weighted by molar-refractivity contribution is 6.00. The van der Waals surface area contributed by atoms with Crippen LogP contribution >= 0.6 is 0 Å². The summed E-state index contributed by atoms with van der Waals surface area (Å²) in [6.07, 6.45) is 2.63. The lowest BCUT2D eigenvalue weighted by molar-refractivity contribution is 0.0946. The predicted octanol–water partition coefficient (Wildman–Crippen LogP) is 1.21. The normalized spacial score (nSPS) is 26.7. The summed E-state index contributed by atoms with van der Waals surface area (Å²) in [6, 6.07) is 5.21. The fraction of sp³-hybridized carbons (Fsp3) is 0.529. The molecule has 0 radical (unpaired) electrons. The van der Waals surface area contributed by atoms with E-state index >= 15 is 0 Å². The average Bonchev–Trinajstić information content (AvgIpc) is 3.30. The third-order valence-corrected chi connectivity index (χ3v) is 5.17. The van der Waals surface area contributed by atoms with Crippen LogP contribution in [0.4, 0.5) is 10.5 Å². The second kappa shape index (κ2) is 5.53. The number of aliphatic hydroxyl groups is 1. The summed E-state index contributed by atoms with van der Waals surface area (Å²) in [7, 11) is 0. The number of hydrogen-bond acceptors (Lipinski definition) is 3. The van der Waals surface area contributed by atoms with Crippen molar-refractivity contribution < 1.29 is 14.7 Å². The molecule has 23 heavy (non-hydrogen) atoms. The van der Waals surface area contributed by atoms with Gasteiger partial charge in [0.2, 0.25) is 0 Å². The molecule has 1 aromatic rings. The Morgan fingerprint density at radius 1 is 1.30 bits per heavy atom. The number of benzene rings is 1. The number of aliphatic hydroxyl groups excluding tert-OH is 1. The molecule has 0 spiro atoms. The molecule has 1 saturated heterocycles. The quantitative estimate of drug-likeness (QED) is 0.767. The van der Waals surface area contributed by atoms with Crippen molar-refractivity contribution in [2.75, 3.05) is 25.0 Å². The Morgan fingerprint density at radius 2 is 2.13 bits per heavy atom. The number of nitrogens with zero attached hydrogens (tertiary/aromatic N) is 1. The van der Waals surface area contributed by atoms with Gasteiger partial charge in [-0.1, -0.05) is 6.07 Å². The van der Waals surface area contributed by atoms with Crippen LogP contribution in [0.3, 0.4) is 0 Å². The first-order chi connectivity index (χ1) is 11.1. The molecule has 2 fully saturated rings. The van der Waals surface area contributed by atoms with Crippen LogP contribution in [0.2, 0.25) is 0 Å². The highest BCUT2D eigenvalue weighted by atomic mass is 16.3. The zero-order valence-electron chi connectivity index (χ0n) is 12.9. The van der Waals surface area contributed by atoms with Crippen LogP contribution in [-0.2, 0) is 6.42 Å². The van der Waals surface area contributed by atoms with Gasteiger partial charge in [-0.25, -0.2) is 4.79 Å². The first-order valence-electron chi connectivity index (χ1n) is 8.27. The largest absolute Gasteiger partial charge is 0.391 e. The summed E-state index contributed by atoms with van der Waals surface area (Å²) >= 11 is 0. The molecule has 6 heteroatoms. The topological polar surface area (TPSA) is 81.7 Å². The molecular formula is C17H21N3O3. The molecule has 6 nitrogen and oxygen atoms in total. The van der Waals surface area contributed by atoms with Gasteiger partial charge in [0.25, 0.3) is 5.91 Å². The highest BCUT2D eigenvalue weighted by Gasteiger charge is 2.43. The van der Waals surface area contributed by atoms with Crippen molar-refractivity contribution in [3.05, 3.63) is 29.3 Å². The molecule has 1 aromatic carbocycles. The fourth-order valence-electron chi connectivity index (χ4n) is 3.74. The van der Waals surface area contributed by atoms with Gasteiger partial charge in [-0.15, -0.1) is 0 Å². The summed E-state index contributed by atoms with van der Waals surface area (Å²) in [5.41, 5.74) is 2.22. The molecule has 2 atom stereocenters. The van der Waals surface area contributed by atoms with Crippen molar-refractivity contribution in [1.29, 1.82) is 0 Å². The summed E-state index contributed by atoms with van der Waals surface area (Å²) in [5, 5.41) is 15.9. The molecular weight excluding hydrogens is 294 g/mol. The smallest absolute Gasteiger partial charge is 0.321 e. The molecule has 1 aliphatic carbocycles. The first-order valence-corrected chi connectivity index (χ1v) is 8.27. The molecule has 4 rings (SSSR count). The number of likely N-dealkylation sites (tertiary alicyclic amines) is 1. The molecule has 2 heterocycles. The Hall–Kier alpha value is -2.08. The summed E-state index contributed by atoms with van der Waals surface area (Å²) in [5.74, 6) is 0.708. The van der Waals surface area contributed by atoms with Gasteiger partial charge in [0.1, 0.15) is 0 Å². The monoisotopic (exact) mass is 315 g/mol. The first kappa shape index (κ1) is 14.5. The van der Waals surface area contributed by atoms with Gasteiger partial charge in [0.15, 0.2) is 0 Å². The van der Waals surface area contributed by atoms with Crippen molar-refractivity contribution in [2.45, 2.75) is 25.4 Å². The van der Waals surface area contributed by atoms with Gasteiger partial charge in [-0.3, -0.25) is 4.79 Å². The third-order valence-electron chi connectivity index (χ3n) is 5.17. The van der Waals surface area contributed by atoms with Crippen molar-refractivity contribution in [1.82, 2.24) is 10.2 Å². The van der Waals surface area contributed by atoms with Crippen LogP contribution < -0.4 is 10.6 Å². The zero-order valence-corrected chi connectivity index (χ0v) is 12.9. The maximum atomic E-state index is 12.5. The van der Waals surface area contributed by atoms with E-state index in [0.717, 1.165) is 5.56 Å². The van der Waals surface area contributed by atoms with Gasteiger partial charge in [-0.2, -0.15) is 0 Å². The Morgan fingerprint density at radius 3 is 2.91 bits per heavy atom. The molecule has 3 aliphatic rings. The number of hydrogen-bond donors (Lipinski definition) is 3. The molecule has 3 amide bonds. The Bertz CT molecular complexity index is 656. The van der Waals surface area contributed by atoms with E-state index in [1.54, 1.807) is 17.0 Å². The summed E-state index contributed by atoms with van der Waals surface area (Å²) < 4.78 is 0. The van der Waals surface area contributed by atoms with E-state index in [4.69, 9.17) is 0 Å². The van der Waals surface area contributed by atoms with E-state index in [1.165, 1.54) is 12.8 Å². The van der Waals surface area contributed by atoms with Gasteiger partial charge in [-0.05, 0) is 42.9 Å². The number of β-amino-alcohol motifs (C(OH)–C–C–N with tert-alkyl or cyclic N) is 1. The molecule has 2 aliphatic heterocycles. The van der Waals surface area contributed by atoms with Crippen molar-refractivity contribution in [3.63, 3.8) is 0 Å². The second-order valence-electron chi connectivity index (χ2n) is 6.74. The number of carbonyl (C=O) groups excluding carboxylic acids is 2. The molecule has 0 bridgehead atoms. The number of rotatable bonds is 2. The van der Waals surface area contributed by atoms with Crippen LogP contribution in [0, 0.1) is 11.8 Å². The minimum Gasteiger partial charge on any atom is -0.391 e. The number of fused-ring (bicyclic) bond motifs is 1. The van der Waals surface area contributed by atoms with Gasteiger partial charge in [0.05, 0.1) is 6.10 Å². The fourth-order valence-corrected chi connectivity index (χ4v) is 3.74. The van der Waals surface area contributed by atoms with E-state index in [0.29, 0.717) is 43.2 Å². The Labute approximate surface area is 134 Å². The number of urea groups is 1. The van der Waals surface area contributed by atoms with Crippen molar-refractivity contribution >= 4 is 17.6 Å². The Kier molecular flexibility index (Phi) is 3.49. The Balaban J connectivity index is 1.49. The maximum absolute atomic E-state index is 12.5.